The van der Waals surface area contributed by atoms with Gasteiger partial charge in [-0.25, -0.2) is 4.79 Å². The Morgan fingerprint density at radius 1 is 0.917 bits per heavy atom. The fourth-order valence-corrected chi connectivity index (χ4v) is 3.99. The van der Waals surface area contributed by atoms with Crippen LogP contribution < -0.4 is 9.47 Å². The lowest BCUT2D eigenvalue weighted by Crippen LogP contribution is -2.33. The van der Waals surface area contributed by atoms with Gasteiger partial charge in [-0.3, -0.25) is 14.4 Å². The number of carbonyl (C=O) groups is 4. The number of hydrogen-bond donors (Lipinski definition) is 1. The zero-order valence-electron chi connectivity index (χ0n) is 20.6. The van der Waals surface area contributed by atoms with E-state index in [1.165, 1.54) is 13.2 Å². The Labute approximate surface area is 209 Å². The average molecular weight is 499 g/mol. The van der Waals surface area contributed by atoms with Gasteiger partial charge in [-0.1, -0.05) is 12.1 Å². The van der Waals surface area contributed by atoms with Crippen molar-refractivity contribution in [2.75, 3.05) is 14.2 Å². The number of benzene rings is 2. The summed E-state index contributed by atoms with van der Waals surface area (Å²) in [7, 11) is 2.98. The normalized spacial score (nSPS) is 19.8. The summed E-state index contributed by atoms with van der Waals surface area (Å²) >= 11 is 0. The molecule has 2 atom stereocenters. The average Bonchev–Trinajstić information content (AvgIpc) is 2.87. The molecule has 1 N–H and O–H groups in total. The highest BCUT2D eigenvalue weighted by Crippen LogP contribution is 2.31. The highest BCUT2D eigenvalue weighted by molar-refractivity contribution is 6.63. The quantitative estimate of drug-likeness (QED) is 0.488. The molecule has 0 spiro atoms. The van der Waals surface area contributed by atoms with Crippen LogP contribution in [0.3, 0.4) is 0 Å². The smallest absolute Gasteiger partial charge is 0.342 e. The Morgan fingerprint density at radius 3 is 2.25 bits per heavy atom. The number of carbonyl (C=O) groups excluding carboxylic acids is 4. The topological polar surface area (TPSA) is 125 Å². The van der Waals surface area contributed by atoms with Crippen LogP contribution in [0.2, 0.25) is 0 Å². The van der Waals surface area contributed by atoms with E-state index < -0.39 is 35.5 Å². The van der Waals surface area contributed by atoms with Crippen LogP contribution in [0, 0.1) is 0 Å². The summed E-state index contributed by atoms with van der Waals surface area (Å²) in [5, 5.41) is 10.5. The number of fused-ring (bicyclic) bond motifs is 1. The lowest BCUT2D eigenvalue weighted by Gasteiger charge is -2.25. The number of aromatic hydroxyl groups is 1. The number of phenols is 1. The molecule has 0 saturated carbocycles. The molecule has 9 nitrogen and oxygen atoms in total. The lowest BCUT2D eigenvalue weighted by molar-refractivity contribution is -0.144. The van der Waals surface area contributed by atoms with Crippen LogP contribution in [0.4, 0.5) is 0 Å². The molecule has 1 heterocycles. The Hall–Kier alpha value is -3.72. The Balaban J connectivity index is 1.88. The summed E-state index contributed by atoms with van der Waals surface area (Å²) in [6.45, 7) is 1.76. The molecule has 9 heteroatoms. The largest absolute Gasteiger partial charge is 0.507 e. The number of esters is 1. The first-order chi connectivity index (χ1) is 17.2. The van der Waals surface area contributed by atoms with Crippen molar-refractivity contribution in [3.8, 4) is 17.2 Å². The third kappa shape index (κ3) is 6.69. The Kier molecular flexibility index (Phi) is 9.19. The summed E-state index contributed by atoms with van der Waals surface area (Å²) in [6, 6.07) is 10.1. The molecule has 2 aromatic rings. The maximum atomic E-state index is 13.1. The van der Waals surface area contributed by atoms with Crippen LogP contribution in [0.25, 0.3) is 0 Å². The van der Waals surface area contributed by atoms with E-state index in [1.54, 1.807) is 32.2 Å². The van der Waals surface area contributed by atoms with Gasteiger partial charge in [0.25, 0.3) is 5.78 Å². The number of phenolic OH excluding ortho intramolecular Hbond substituents is 1. The van der Waals surface area contributed by atoms with Crippen LogP contribution >= 0.6 is 0 Å². The first-order valence-electron chi connectivity index (χ1n) is 11.7. The first kappa shape index (κ1) is 26.9. The van der Waals surface area contributed by atoms with E-state index >= 15 is 0 Å². The van der Waals surface area contributed by atoms with Crippen LogP contribution in [0.15, 0.2) is 36.4 Å². The van der Waals surface area contributed by atoms with Gasteiger partial charge in [-0.15, -0.1) is 0 Å². The summed E-state index contributed by atoms with van der Waals surface area (Å²) in [4.78, 5) is 50.1. The van der Waals surface area contributed by atoms with Gasteiger partial charge in [-0.2, -0.15) is 0 Å². The van der Waals surface area contributed by atoms with Crippen LogP contribution in [-0.4, -0.2) is 54.9 Å². The number of ether oxygens (including phenoxy) is 4. The zero-order chi connectivity index (χ0) is 26.2. The predicted molar refractivity (Wildman–Crippen MR) is 128 cm³/mol. The zero-order valence-corrected chi connectivity index (χ0v) is 20.6. The van der Waals surface area contributed by atoms with E-state index in [2.05, 4.69) is 0 Å². The van der Waals surface area contributed by atoms with Crippen molar-refractivity contribution in [2.45, 2.75) is 57.8 Å². The molecule has 0 radical (unpaired) electrons. The molecular formula is C27H30O9. The molecule has 0 unspecified atom stereocenters. The van der Waals surface area contributed by atoms with Crippen molar-refractivity contribution in [1.29, 1.82) is 0 Å². The monoisotopic (exact) mass is 498 g/mol. The molecule has 0 saturated heterocycles. The number of rotatable bonds is 5. The number of methoxy groups -OCH3 is 2. The predicted octanol–water partition coefficient (Wildman–Crippen LogP) is 3.36. The van der Waals surface area contributed by atoms with Gasteiger partial charge >= 0.3 is 5.97 Å². The first-order valence-corrected chi connectivity index (χ1v) is 11.7. The van der Waals surface area contributed by atoms with Crippen molar-refractivity contribution in [1.82, 2.24) is 0 Å². The molecule has 1 aliphatic rings. The van der Waals surface area contributed by atoms with E-state index in [0.717, 1.165) is 5.56 Å². The van der Waals surface area contributed by atoms with E-state index in [9.17, 15) is 24.3 Å². The number of cyclic esters (lactones) is 1. The number of hydrogen-bond acceptors (Lipinski definition) is 9. The van der Waals surface area contributed by atoms with Gasteiger partial charge in [-0.05, 0) is 55.5 Å². The summed E-state index contributed by atoms with van der Waals surface area (Å²) in [5.74, 6) is -2.69. The number of ketones is 3. The van der Waals surface area contributed by atoms with Gasteiger partial charge in [0.15, 0.2) is 0 Å². The molecule has 0 amide bonds. The van der Waals surface area contributed by atoms with Crippen molar-refractivity contribution in [3.63, 3.8) is 0 Å². The molecule has 0 fully saturated rings. The molecule has 36 heavy (non-hydrogen) atoms. The summed E-state index contributed by atoms with van der Waals surface area (Å²) in [6.07, 6.45) is -1.52. The van der Waals surface area contributed by atoms with Gasteiger partial charge < -0.3 is 24.1 Å². The molecule has 2 aromatic carbocycles. The second-order valence-electron chi connectivity index (χ2n) is 8.56. The molecular weight excluding hydrogens is 468 g/mol. The highest BCUT2D eigenvalue weighted by atomic mass is 16.6. The Bertz CT molecular complexity index is 1120. The second kappa shape index (κ2) is 12.3. The van der Waals surface area contributed by atoms with Gasteiger partial charge in [0.1, 0.15) is 28.9 Å². The molecule has 0 bridgehead atoms. The third-order valence-electron chi connectivity index (χ3n) is 6.06. The lowest BCUT2D eigenvalue weighted by atomic mass is 9.96. The van der Waals surface area contributed by atoms with Crippen LogP contribution in [0.1, 0.15) is 54.1 Å². The minimum atomic E-state index is -1.04. The Morgan fingerprint density at radius 2 is 1.58 bits per heavy atom. The second-order valence-corrected chi connectivity index (χ2v) is 8.56. The van der Waals surface area contributed by atoms with Crippen molar-refractivity contribution in [3.05, 3.63) is 53.1 Å². The fraction of sp³-hybridized carbons (Fsp3) is 0.407. The van der Waals surface area contributed by atoms with Crippen molar-refractivity contribution in [2.24, 2.45) is 0 Å². The summed E-state index contributed by atoms with van der Waals surface area (Å²) < 4.78 is 22.0. The van der Waals surface area contributed by atoms with Gasteiger partial charge in [0.2, 0.25) is 11.6 Å². The molecule has 1 aliphatic heterocycles. The van der Waals surface area contributed by atoms with Gasteiger partial charge in [0, 0.05) is 18.9 Å². The van der Waals surface area contributed by atoms with E-state index in [1.807, 2.05) is 12.1 Å². The van der Waals surface area contributed by atoms with Crippen LogP contribution in [-0.2, 0) is 36.9 Å². The van der Waals surface area contributed by atoms with E-state index in [-0.39, 0.29) is 50.0 Å². The van der Waals surface area contributed by atoms with E-state index in [4.69, 9.17) is 18.9 Å². The number of Topliss-reactive ketones (excluding diaryl/α,β-unsaturated/α-hetero) is 3. The SMILES string of the molecule is COc1ccc(CO[C@H]2CCC(=O)C(=O)C(=O)CCCc3cc(OC)cc(O)c3C(=O)O[C@H]2C)cc1. The van der Waals surface area contributed by atoms with E-state index in [0.29, 0.717) is 17.1 Å². The van der Waals surface area contributed by atoms with Crippen molar-refractivity contribution < 1.29 is 43.2 Å². The fourth-order valence-electron chi connectivity index (χ4n) is 3.99. The molecule has 0 aliphatic carbocycles. The standard InChI is InChI=1S/C27H30O9/c1-16-24(35-15-17-7-9-19(33-2)10-8-17)12-11-22(29)26(31)21(28)6-4-5-18-13-20(34-3)14-23(30)25(18)27(32)36-16/h7-10,13-14,16,24,30H,4-6,11-12,15H2,1-3H3/t16-,24-/m0/s1. The maximum absolute atomic E-state index is 13.1. The van der Waals surface area contributed by atoms with Crippen molar-refractivity contribution >= 4 is 23.3 Å². The molecule has 3 rings (SSSR count). The number of aryl methyl sites for hydroxylation is 1. The minimum absolute atomic E-state index is 0.0385. The summed E-state index contributed by atoms with van der Waals surface area (Å²) in [5.41, 5.74) is 1.19. The maximum Gasteiger partial charge on any atom is 0.342 e. The molecule has 0 aromatic heterocycles. The molecule has 192 valence electrons. The van der Waals surface area contributed by atoms with Gasteiger partial charge in [0.05, 0.1) is 26.9 Å². The third-order valence-corrected chi connectivity index (χ3v) is 6.06. The van der Waals surface area contributed by atoms with Crippen LogP contribution in [0.5, 0.6) is 17.2 Å². The minimum Gasteiger partial charge on any atom is -0.507 e. The highest BCUT2D eigenvalue weighted by Gasteiger charge is 2.30.